The first-order valence-electron chi connectivity index (χ1n) is 9.52. The van der Waals surface area contributed by atoms with Crippen LogP contribution in [0.15, 0.2) is 54.6 Å². The number of rotatable bonds is 8. The van der Waals surface area contributed by atoms with Gasteiger partial charge in [0, 0.05) is 13.0 Å². The van der Waals surface area contributed by atoms with Gasteiger partial charge in [-0.05, 0) is 24.0 Å². The monoisotopic (exact) mass is 376 g/mol. The van der Waals surface area contributed by atoms with E-state index in [9.17, 15) is 9.59 Å². The zero-order valence-electron chi connectivity index (χ0n) is 16.8. The van der Waals surface area contributed by atoms with Gasteiger partial charge in [0.25, 0.3) is 5.91 Å². The zero-order chi connectivity index (χ0) is 20.5. The molecule has 0 bridgehead atoms. The minimum absolute atomic E-state index is 0.145. The topological polar surface area (TPSA) is 49.4 Å². The van der Waals surface area contributed by atoms with Crippen LogP contribution in [0.25, 0.3) is 0 Å². The maximum Gasteiger partial charge on any atom is 0.250 e. The van der Waals surface area contributed by atoms with E-state index in [1.807, 2.05) is 75.4 Å². The smallest absolute Gasteiger partial charge is 0.250 e. The van der Waals surface area contributed by atoms with E-state index in [0.29, 0.717) is 13.0 Å². The molecule has 0 aliphatic heterocycles. The lowest BCUT2D eigenvalue weighted by atomic mass is 10.0. The Balaban J connectivity index is 2.27. The summed E-state index contributed by atoms with van der Waals surface area (Å²) in [6.07, 6.45) is 5.88. The van der Waals surface area contributed by atoms with E-state index >= 15 is 0 Å². The Morgan fingerprint density at radius 2 is 1.71 bits per heavy atom. The van der Waals surface area contributed by atoms with Gasteiger partial charge in [0.05, 0.1) is 6.54 Å². The van der Waals surface area contributed by atoms with Gasteiger partial charge in [-0.3, -0.25) is 9.59 Å². The number of carbonyl (C=O) groups is 2. The normalized spacial score (nSPS) is 11.5. The summed E-state index contributed by atoms with van der Waals surface area (Å²) in [6, 6.07) is 16.5. The predicted molar refractivity (Wildman–Crippen MR) is 112 cm³/mol. The van der Waals surface area contributed by atoms with Gasteiger partial charge < -0.3 is 10.2 Å². The third-order valence-corrected chi connectivity index (χ3v) is 4.37. The molecule has 0 aliphatic rings. The highest BCUT2D eigenvalue weighted by molar-refractivity contribution is 5.89. The molecule has 1 atom stereocenters. The molecule has 1 unspecified atom stereocenters. The molecule has 2 aromatic carbocycles. The first kappa shape index (κ1) is 21.2. The molecule has 4 nitrogen and oxygen atoms in total. The van der Waals surface area contributed by atoms with Crippen LogP contribution in [-0.2, 0) is 16.1 Å². The second-order valence-electron chi connectivity index (χ2n) is 7.39. The van der Waals surface area contributed by atoms with Crippen LogP contribution in [0.3, 0.4) is 0 Å². The lowest BCUT2D eigenvalue weighted by Crippen LogP contribution is -2.43. The van der Waals surface area contributed by atoms with Crippen molar-refractivity contribution in [2.45, 2.75) is 39.8 Å². The molecule has 0 spiro atoms. The van der Waals surface area contributed by atoms with E-state index in [-0.39, 0.29) is 24.3 Å². The molecule has 0 aromatic heterocycles. The fourth-order valence-corrected chi connectivity index (χ4v) is 2.94. The zero-order valence-corrected chi connectivity index (χ0v) is 16.8. The Kier molecular flexibility index (Phi) is 7.83. The van der Waals surface area contributed by atoms with Crippen molar-refractivity contribution in [2.24, 2.45) is 5.92 Å². The summed E-state index contributed by atoms with van der Waals surface area (Å²) in [5, 5.41) is 2.90. The number of aryl methyl sites for hydroxylation is 1. The minimum atomic E-state index is -0.758. The SMILES string of the molecule is C#CCN(Cc1ccc(C)cc1)C(=O)C(NC(=O)CC(C)C)c1ccccc1. The van der Waals surface area contributed by atoms with E-state index in [2.05, 4.69) is 11.2 Å². The van der Waals surface area contributed by atoms with Crippen molar-refractivity contribution in [1.29, 1.82) is 0 Å². The quantitative estimate of drug-likeness (QED) is 0.711. The number of nitrogens with one attached hydrogen (secondary N) is 1. The van der Waals surface area contributed by atoms with Crippen LogP contribution in [0.4, 0.5) is 0 Å². The maximum atomic E-state index is 13.3. The molecule has 2 amide bonds. The molecule has 2 rings (SSSR count). The summed E-state index contributed by atoms with van der Waals surface area (Å²) < 4.78 is 0. The molecule has 0 aliphatic carbocycles. The van der Waals surface area contributed by atoms with Gasteiger partial charge in [-0.1, -0.05) is 79.9 Å². The number of benzene rings is 2. The van der Waals surface area contributed by atoms with Crippen molar-refractivity contribution in [3.8, 4) is 12.3 Å². The van der Waals surface area contributed by atoms with E-state index < -0.39 is 6.04 Å². The number of amides is 2. The molecule has 0 saturated carbocycles. The van der Waals surface area contributed by atoms with Crippen molar-refractivity contribution in [2.75, 3.05) is 6.54 Å². The molecule has 1 N–H and O–H groups in total. The Morgan fingerprint density at radius 1 is 1.07 bits per heavy atom. The van der Waals surface area contributed by atoms with Crippen LogP contribution in [-0.4, -0.2) is 23.3 Å². The van der Waals surface area contributed by atoms with Gasteiger partial charge in [-0.25, -0.2) is 0 Å². The molecule has 28 heavy (non-hydrogen) atoms. The van der Waals surface area contributed by atoms with Crippen molar-refractivity contribution in [3.63, 3.8) is 0 Å². The molecule has 0 heterocycles. The third-order valence-electron chi connectivity index (χ3n) is 4.37. The lowest BCUT2D eigenvalue weighted by Gasteiger charge is -2.27. The number of hydrogen-bond acceptors (Lipinski definition) is 2. The van der Waals surface area contributed by atoms with Gasteiger partial charge in [0.2, 0.25) is 5.91 Å². The highest BCUT2D eigenvalue weighted by Gasteiger charge is 2.27. The number of terminal acetylenes is 1. The second-order valence-corrected chi connectivity index (χ2v) is 7.39. The summed E-state index contributed by atoms with van der Waals surface area (Å²) in [5.74, 6) is 2.42. The summed E-state index contributed by atoms with van der Waals surface area (Å²) in [7, 11) is 0. The van der Waals surface area contributed by atoms with Crippen molar-refractivity contribution in [1.82, 2.24) is 10.2 Å². The molecule has 2 aromatic rings. The highest BCUT2D eigenvalue weighted by atomic mass is 16.2. The van der Waals surface area contributed by atoms with Crippen LogP contribution in [0.2, 0.25) is 0 Å². The van der Waals surface area contributed by atoms with Crippen molar-refractivity contribution < 1.29 is 9.59 Å². The molecule has 0 fully saturated rings. The minimum Gasteiger partial charge on any atom is -0.341 e. The van der Waals surface area contributed by atoms with E-state index in [1.54, 1.807) is 4.90 Å². The molecular weight excluding hydrogens is 348 g/mol. The van der Waals surface area contributed by atoms with E-state index in [1.165, 1.54) is 0 Å². The van der Waals surface area contributed by atoms with Crippen LogP contribution in [0.1, 0.15) is 43.0 Å². The van der Waals surface area contributed by atoms with Crippen LogP contribution >= 0.6 is 0 Å². The van der Waals surface area contributed by atoms with Crippen LogP contribution in [0, 0.1) is 25.2 Å². The molecular formula is C24H28N2O2. The van der Waals surface area contributed by atoms with Gasteiger partial charge in [0.15, 0.2) is 0 Å². The van der Waals surface area contributed by atoms with Gasteiger partial charge in [-0.2, -0.15) is 0 Å². The van der Waals surface area contributed by atoms with E-state index in [0.717, 1.165) is 16.7 Å². The first-order valence-corrected chi connectivity index (χ1v) is 9.52. The Hall–Kier alpha value is -3.06. The first-order chi connectivity index (χ1) is 13.4. The standard InChI is InChI=1S/C24H28N2O2/c1-5-15-26(17-20-13-11-19(4)12-14-20)24(28)23(21-9-7-6-8-10-21)25-22(27)16-18(2)3/h1,6-14,18,23H,15-17H2,2-4H3,(H,25,27). The largest absolute Gasteiger partial charge is 0.341 e. The number of carbonyl (C=O) groups excluding carboxylic acids is 2. The van der Waals surface area contributed by atoms with Gasteiger partial charge >= 0.3 is 0 Å². The lowest BCUT2D eigenvalue weighted by molar-refractivity contribution is -0.136. The molecule has 146 valence electrons. The summed E-state index contributed by atoms with van der Waals surface area (Å²) >= 11 is 0. The van der Waals surface area contributed by atoms with Crippen molar-refractivity contribution in [3.05, 3.63) is 71.3 Å². The summed E-state index contributed by atoms with van der Waals surface area (Å²) in [6.45, 7) is 6.54. The number of nitrogens with zero attached hydrogens (tertiary/aromatic N) is 1. The van der Waals surface area contributed by atoms with Gasteiger partial charge in [-0.15, -0.1) is 6.42 Å². The number of hydrogen-bond donors (Lipinski definition) is 1. The molecule has 4 heteroatoms. The van der Waals surface area contributed by atoms with Crippen LogP contribution in [0.5, 0.6) is 0 Å². The summed E-state index contributed by atoms with van der Waals surface area (Å²) in [5.41, 5.74) is 2.90. The fraction of sp³-hybridized carbons (Fsp3) is 0.333. The third kappa shape index (κ3) is 6.28. The highest BCUT2D eigenvalue weighted by Crippen LogP contribution is 2.18. The van der Waals surface area contributed by atoms with Crippen molar-refractivity contribution >= 4 is 11.8 Å². The van der Waals surface area contributed by atoms with Gasteiger partial charge in [0.1, 0.15) is 6.04 Å². The average Bonchev–Trinajstić information content (AvgIpc) is 2.67. The predicted octanol–water partition coefficient (Wildman–Crippen LogP) is 3.86. The van der Waals surface area contributed by atoms with E-state index in [4.69, 9.17) is 6.42 Å². The maximum absolute atomic E-state index is 13.3. The Bertz CT molecular complexity index is 820. The Labute approximate surface area is 167 Å². The summed E-state index contributed by atoms with van der Waals surface area (Å²) in [4.78, 5) is 27.3. The average molecular weight is 377 g/mol. The molecule has 0 radical (unpaired) electrons. The molecule has 0 saturated heterocycles. The fourth-order valence-electron chi connectivity index (χ4n) is 2.94. The Morgan fingerprint density at radius 3 is 2.29 bits per heavy atom. The second kappa shape index (κ2) is 10.3. The van der Waals surface area contributed by atoms with Crippen LogP contribution < -0.4 is 5.32 Å².